The summed E-state index contributed by atoms with van der Waals surface area (Å²) in [7, 11) is 0. The van der Waals surface area contributed by atoms with E-state index in [1.807, 2.05) is 12.3 Å². The quantitative estimate of drug-likeness (QED) is 0.809. The fraction of sp³-hybridized carbons (Fsp3) is 0.333. The first kappa shape index (κ1) is 11.2. The molecule has 0 bridgehead atoms. The smallest absolute Gasteiger partial charge is 0.181 e. The van der Waals surface area contributed by atoms with Crippen LogP contribution in [-0.4, -0.2) is 17.8 Å². The summed E-state index contributed by atoms with van der Waals surface area (Å²) in [6.07, 6.45) is 3.00. The summed E-state index contributed by atoms with van der Waals surface area (Å²) < 4.78 is 13.6. The maximum Gasteiger partial charge on any atom is 0.181 e. The molecule has 2 aromatic rings. The topological polar surface area (TPSA) is 23.4 Å². The lowest BCUT2D eigenvalue weighted by Gasteiger charge is -2.07. The van der Waals surface area contributed by atoms with Crippen LogP contribution in [0.4, 0.5) is 0 Å². The van der Waals surface area contributed by atoms with Gasteiger partial charge in [-0.05, 0) is 12.5 Å². The maximum absolute atomic E-state index is 5.75. The van der Waals surface area contributed by atoms with Gasteiger partial charge in [-0.3, -0.25) is 0 Å². The van der Waals surface area contributed by atoms with E-state index in [0.717, 1.165) is 43.4 Å². The highest BCUT2D eigenvalue weighted by Gasteiger charge is 2.17. The number of fused-ring (bicyclic) bond motifs is 1. The fourth-order valence-corrected chi connectivity index (χ4v) is 2.24. The molecule has 0 atom stereocenters. The minimum Gasteiger partial charge on any atom is -0.488 e. The van der Waals surface area contributed by atoms with Gasteiger partial charge < -0.3 is 14.0 Å². The van der Waals surface area contributed by atoms with Crippen molar-refractivity contribution in [2.45, 2.75) is 19.9 Å². The van der Waals surface area contributed by atoms with Crippen molar-refractivity contribution < 1.29 is 9.47 Å². The van der Waals surface area contributed by atoms with Crippen LogP contribution in [0.15, 0.2) is 36.5 Å². The molecule has 1 aliphatic heterocycles. The van der Waals surface area contributed by atoms with Gasteiger partial charge in [-0.1, -0.05) is 30.3 Å². The second-order valence-corrected chi connectivity index (χ2v) is 4.57. The van der Waals surface area contributed by atoms with Crippen molar-refractivity contribution in [3.05, 3.63) is 47.8 Å². The van der Waals surface area contributed by atoms with E-state index in [0.29, 0.717) is 0 Å². The molecule has 1 aromatic heterocycles. The van der Waals surface area contributed by atoms with Gasteiger partial charge in [-0.25, -0.2) is 0 Å². The second kappa shape index (κ2) is 4.77. The van der Waals surface area contributed by atoms with Gasteiger partial charge in [0.2, 0.25) is 0 Å². The minimum atomic E-state index is 0.738. The molecular weight excluding hydrogens is 226 g/mol. The van der Waals surface area contributed by atoms with Gasteiger partial charge in [0.15, 0.2) is 11.5 Å². The van der Waals surface area contributed by atoms with Gasteiger partial charge in [-0.2, -0.15) is 0 Å². The Morgan fingerprint density at radius 2 is 1.89 bits per heavy atom. The lowest BCUT2D eigenvalue weighted by Crippen LogP contribution is -2.03. The van der Waals surface area contributed by atoms with E-state index in [-0.39, 0.29) is 0 Å². The molecule has 0 saturated heterocycles. The summed E-state index contributed by atoms with van der Waals surface area (Å²) in [5.74, 6) is 1.78. The van der Waals surface area contributed by atoms with E-state index in [2.05, 4.69) is 35.8 Å². The number of nitrogens with zero attached hydrogens (tertiary/aromatic N) is 1. The van der Waals surface area contributed by atoms with Gasteiger partial charge in [-0.15, -0.1) is 0 Å². The second-order valence-electron chi connectivity index (χ2n) is 4.57. The maximum atomic E-state index is 5.75. The predicted molar refractivity (Wildman–Crippen MR) is 70.3 cm³/mol. The molecule has 18 heavy (non-hydrogen) atoms. The highest BCUT2D eigenvalue weighted by Crippen LogP contribution is 2.35. The van der Waals surface area contributed by atoms with E-state index in [1.54, 1.807) is 0 Å². The Hall–Kier alpha value is -1.90. The monoisotopic (exact) mass is 243 g/mol. The molecule has 1 aromatic carbocycles. The first-order valence-corrected chi connectivity index (χ1v) is 6.34. The molecule has 2 heterocycles. The van der Waals surface area contributed by atoms with Crippen LogP contribution in [-0.2, 0) is 6.54 Å². The Labute approximate surface area is 107 Å². The fourth-order valence-electron chi connectivity index (χ4n) is 2.24. The summed E-state index contributed by atoms with van der Waals surface area (Å²) in [6.45, 7) is 4.41. The highest BCUT2D eigenvalue weighted by atomic mass is 16.5. The largest absolute Gasteiger partial charge is 0.488 e. The van der Waals surface area contributed by atoms with E-state index >= 15 is 0 Å². The van der Waals surface area contributed by atoms with Gasteiger partial charge in [0.1, 0.15) is 0 Å². The van der Waals surface area contributed by atoms with Crippen molar-refractivity contribution in [3.8, 4) is 11.5 Å². The SMILES string of the molecule is Cc1c2c(cn1Cc1ccccc1)OCCCO2. The predicted octanol–water partition coefficient (Wildman–Crippen LogP) is 3.01. The number of aromatic nitrogens is 1. The van der Waals surface area contributed by atoms with Crippen LogP contribution >= 0.6 is 0 Å². The third-order valence-corrected chi connectivity index (χ3v) is 3.24. The van der Waals surface area contributed by atoms with Crippen molar-refractivity contribution in [3.63, 3.8) is 0 Å². The van der Waals surface area contributed by atoms with Gasteiger partial charge in [0.25, 0.3) is 0 Å². The summed E-state index contributed by atoms with van der Waals surface area (Å²) in [5, 5.41) is 0. The summed E-state index contributed by atoms with van der Waals surface area (Å²) in [6, 6.07) is 10.4. The Kier molecular flexibility index (Phi) is 2.97. The molecule has 0 unspecified atom stereocenters. The molecule has 0 N–H and O–H groups in total. The van der Waals surface area contributed by atoms with Crippen molar-refractivity contribution in [1.29, 1.82) is 0 Å². The van der Waals surface area contributed by atoms with Gasteiger partial charge >= 0.3 is 0 Å². The van der Waals surface area contributed by atoms with E-state index < -0.39 is 0 Å². The number of benzene rings is 1. The Bertz CT molecular complexity index is 531. The number of rotatable bonds is 2. The lowest BCUT2D eigenvalue weighted by molar-refractivity contribution is 0.292. The third-order valence-electron chi connectivity index (χ3n) is 3.24. The molecule has 0 spiro atoms. The van der Waals surface area contributed by atoms with Crippen molar-refractivity contribution in [1.82, 2.24) is 4.57 Å². The molecule has 0 amide bonds. The molecule has 0 aliphatic carbocycles. The van der Waals surface area contributed by atoms with E-state index in [1.165, 1.54) is 5.56 Å². The first-order valence-electron chi connectivity index (χ1n) is 6.34. The molecule has 94 valence electrons. The van der Waals surface area contributed by atoms with Crippen molar-refractivity contribution in [2.24, 2.45) is 0 Å². The Morgan fingerprint density at radius 1 is 1.11 bits per heavy atom. The summed E-state index contributed by atoms with van der Waals surface area (Å²) >= 11 is 0. The highest BCUT2D eigenvalue weighted by molar-refractivity contribution is 5.45. The van der Waals surface area contributed by atoms with Crippen LogP contribution in [0.5, 0.6) is 11.5 Å². The van der Waals surface area contributed by atoms with Crippen molar-refractivity contribution >= 4 is 0 Å². The van der Waals surface area contributed by atoms with Crippen LogP contribution in [0.25, 0.3) is 0 Å². The molecule has 0 saturated carbocycles. The molecule has 3 nitrogen and oxygen atoms in total. The zero-order valence-electron chi connectivity index (χ0n) is 10.6. The normalized spacial score (nSPS) is 14.3. The molecule has 1 aliphatic rings. The average molecular weight is 243 g/mol. The van der Waals surface area contributed by atoms with Crippen LogP contribution in [0, 0.1) is 6.92 Å². The molecular formula is C15H17NO2. The zero-order valence-corrected chi connectivity index (χ0v) is 10.6. The number of ether oxygens (including phenoxy) is 2. The van der Waals surface area contributed by atoms with Crippen LogP contribution in [0.2, 0.25) is 0 Å². The van der Waals surface area contributed by atoms with E-state index in [9.17, 15) is 0 Å². The Morgan fingerprint density at radius 3 is 2.72 bits per heavy atom. The van der Waals surface area contributed by atoms with Crippen LogP contribution in [0.1, 0.15) is 17.7 Å². The van der Waals surface area contributed by atoms with Gasteiger partial charge in [0, 0.05) is 13.0 Å². The molecule has 0 radical (unpaired) electrons. The first-order chi connectivity index (χ1) is 8.84. The summed E-state index contributed by atoms with van der Waals surface area (Å²) in [5.41, 5.74) is 2.42. The van der Waals surface area contributed by atoms with Crippen LogP contribution in [0.3, 0.4) is 0 Å². The Balaban J connectivity index is 1.89. The molecule has 3 rings (SSSR count). The van der Waals surface area contributed by atoms with Crippen molar-refractivity contribution in [2.75, 3.05) is 13.2 Å². The molecule has 3 heteroatoms. The number of hydrogen-bond acceptors (Lipinski definition) is 2. The third kappa shape index (κ3) is 2.08. The zero-order chi connectivity index (χ0) is 12.4. The average Bonchev–Trinajstić information content (AvgIpc) is 2.58. The van der Waals surface area contributed by atoms with Crippen LogP contribution < -0.4 is 9.47 Å². The standard InChI is InChI=1S/C15H17NO2/c1-12-15-14(17-8-5-9-18-15)11-16(12)10-13-6-3-2-4-7-13/h2-4,6-7,11H,5,8-10H2,1H3. The number of hydrogen-bond donors (Lipinski definition) is 0. The minimum absolute atomic E-state index is 0.738. The summed E-state index contributed by atoms with van der Waals surface area (Å²) in [4.78, 5) is 0. The van der Waals surface area contributed by atoms with Gasteiger partial charge in [0.05, 0.1) is 25.1 Å². The lowest BCUT2D eigenvalue weighted by atomic mass is 10.2. The van der Waals surface area contributed by atoms with E-state index in [4.69, 9.17) is 9.47 Å². The molecule has 0 fully saturated rings.